The molecule has 3 heteroatoms. The molecule has 2 atom stereocenters. The lowest BCUT2D eigenvalue weighted by Gasteiger charge is -2.41. The van der Waals surface area contributed by atoms with Crippen LogP contribution in [0.25, 0.3) is 10.8 Å². The number of nitrogens with two attached hydrogens (primary N) is 1. The molecule has 2 N–H and O–H groups in total. The van der Waals surface area contributed by atoms with Crippen molar-refractivity contribution in [2.75, 3.05) is 14.1 Å². The minimum absolute atomic E-state index is 0.0315. The summed E-state index contributed by atoms with van der Waals surface area (Å²) in [6, 6.07) is 12.9. The highest BCUT2D eigenvalue weighted by Gasteiger charge is 2.29. The molecule has 0 spiro atoms. The molecule has 0 amide bonds. The zero-order valence-corrected chi connectivity index (χ0v) is 11.8. The summed E-state index contributed by atoms with van der Waals surface area (Å²) in [5, 5.41) is 2.64. The Bertz CT molecular complexity index is 601. The van der Waals surface area contributed by atoms with Gasteiger partial charge in [-0.05, 0) is 42.9 Å². The van der Waals surface area contributed by atoms with Crippen molar-refractivity contribution in [2.24, 2.45) is 5.73 Å². The van der Waals surface area contributed by atoms with Crippen molar-refractivity contribution in [1.82, 2.24) is 9.80 Å². The fraction of sp³-hybridized carbons (Fsp3) is 0.375. The largest absolute Gasteiger partial charge is 0.312 e. The van der Waals surface area contributed by atoms with Gasteiger partial charge in [0.25, 0.3) is 0 Å². The molecule has 19 heavy (non-hydrogen) atoms. The number of benzene rings is 2. The van der Waals surface area contributed by atoms with E-state index < -0.39 is 0 Å². The first-order valence-electron chi connectivity index (χ1n) is 6.78. The van der Waals surface area contributed by atoms with Gasteiger partial charge in [-0.25, -0.2) is 0 Å². The number of rotatable bonds is 2. The summed E-state index contributed by atoms with van der Waals surface area (Å²) in [5.74, 6) is 0. The minimum atomic E-state index is -0.0315. The van der Waals surface area contributed by atoms with E-state index in [-0.39, 0.29) is 6.17 Å². The van der Waals surface area contributed by atoms with Gasteiger partial charge < -0.3 is 5.73 Å². The summed E-state index contributed by atoms with van der Waals surface area (Å²) in [4.78, 5) is 4.55. The van der Waals surface area contributed by atoms with Crippen LogP contribution in [0.5, 0.6) is 0 Å². The highest BCUT2D eigenvalue weighted by molar-refractivity contribution is 5.89. The summed E-state index contributed by atoms with van der Waals surface area (Å²) < 4.78 is 0. The van der Waals surface area contributed by atoms with E-state index in [4.69, 9.17) is 5.73 Å². The maximum Gasteiger partial charge on any atom is 0.0856 e. The predicted octanol–water partition coefficient (Wildman–Crippen LogP) is 2.52. The molecule has 2 aromatic rings. The standard InChI is InChI=1S/C16H21N3/c1-11(18(2)3)19-10-13-8-4-6-12-7-5-9-14(15(12)13)16(19)17/h4-9,11,16H,10,17H2,1-3H3. The Balaban J connectivity index is 2.13. The van der Waals surface area contributed by atoms with Crippen LogP contribution in [0.4, 0.5) is 0 Å². The van der Waals surface area contributed by atoms with E-state index >= 15 is 0 Å². The van der Waals surface area contributed by atoms with E-state index in [0.29, 0.717) is 6.17 Å². The van der Waals surface area contributed by atoms with E-state index in [1.54, 1.807) is 0 Å². The molecule has 0 aliphatic carbocycles. The monoisotopic (exact) mass is 255 g/mol. The normalized spacial score (nSPS) is 21.0. The van der Waals surface area contributed by atoms with E-state index in [0.717, 1.165) is 6.54 Å². The molecule has 1 aliphatic heterocycles. The molecule has 1 heterocycles. The van der Waals surface area contributed by atoms with Crippen LogP contribution in [0.15, 0.2) is 36.4 Å². The quantitative estimate of drug-likeness (QED) is 0.895. The second-order valence-electron chi connectivity index (χ2n) is 5.58. The third-order valence-corrected chi connectivity index (χ3v) is 4.28. The molecule has 0 saturated heterocycles. The summed E-state index contributed by atoms with van der Waals surface area (Å²) >= 11 is 0. The summed E-state index contributed by atoms with van der Waals surface area (Å²) in [6.07, 6.45) is 0.287. The van der Waals surface area contributed by atoms with Gasteiger partial charge in [-0.15, -0.1) is 0 Å². The average molecular weight is 255 g/mol. The van der Waals surface area contributed by atoms with E-state index in [1.165, 1.54) is 21.9 Å². The van der Waals surface area contributed by atoms with Crippen LogP contribution in [0.2, 0.25) is 0 Å². The molecule has 3 nitrogen and oxygen atoms in total. The summed E-state index contributed by atoms with van der Waals surface area (Å²) in [5.41, 5.74) is 9.11. The van der Waals surface area contributed by atoms with Gasteiger partial charge in [-0.2, -0.15) is 0 Å². The van der Waals surface area contributed by atoms with Crippen LogP contribution in [0, 0.1) is 0 Å². The summed E-state index contributed by atoms with van der Waals surface area (Å²) in [6.45, 7) is 3.11. The van der Waals surface area contributed by atoms with Crippen LogP contribution in [-0.4, -0.2) is 30.1 Å². The zero-order chi connectivity index (χ0) is 13.6. The van der Waals surface area contributed by atoms with Gasteiger partial charge in [-0.3, -0.25) is 9.80 Å². The van der Waals surface area contributed by atoms with Crippen LogP contribution in [0.3, 0.4) is 0 Å². The molecule has 0 aromatic heterocycles. The van der Waals surface area contributed by atoms with Gasteiger partial charge in [0.2, 0.25) is 0 Å². The second-order valence-corrected chi connectivity index (χ2v) is 5.58. The number of nitrogens with zero attached hydrogens (tertiary/aromatic N) is 2. The zero-order valence-electron chi connectivity index (χ0n) is 11.8. The number of hydrogen-bond acceptors (Lipinski definition) is 3. The van der Waals surface area contributed by atoms with Crippen LogP contribution in [-0.2, 0) is 6.54 Å². The smallest absolute Gasteiger partial charge is 0.0856 e. The Hall–Kier alpha value is -1.42. The van der Waals surface area contributed by atoms with Gasteiger partial charge in [-0.1, -0.05) is 36.4 Å². The highest BCUT2D eigenvalue weighted by atomic mass is 15.4. The topological polar surface area (TPSA) is 32.5 Å². The minimum Gasteiger partial charge on any atom is -0.312 e. The lowest BCUT2D eigenvalue weighted by molar-refractivity contribution is 0.0441. The fourth-order valence-electron chi connectivity index (χ4n) is 2.96. The van der Waals surface area contributed by atoms with Gasteiger partial charge in [0.1, 0.15) is 0 Å². The Morgan fingerprint density at radius 1 is 1.21 bits per heavy atom. The first kappa shape index (κ1) is 12.6. The Kier molecular flexibility index (Phi) is 3.05. The fourth-order valence-corrected chi connectivity index (χ4v) is 2.96. The van der Waals surface area contributed by atoms with Gasteiger partial charge in [0.15, 0.2) is 0 Å². The van der Waals surface area contributed by atoms with Gasteiger partial charge in [0.05, 0.1) is 12.3 Å². The SMILES string of the molecule is CC(N(C)C)N1Cc2cccc3cccc(c23)C1N. The molecule has 2 unspecified atom stereocenters. The third-order valence-electron chi connectivity index (χ3n) is 4.28. The van der Waals surface area contributed by atoms with Gasteiger partial charge >= 0.3 is 0 Å². The van der Waals surface area contributed by atoms with Crippen molar-refractivity contribution in [2.45, 2.75) is 25.8 Å². The van der Waals surface area contributed by atoms with Crippen LogP contribution < -0.4 is 5.73 Å². The molecule has 2 aromatic carbocycles. The van der Waals surface area contributed by atoms with E-state index in [9.17, 15) is 0 Å². The van der Waals surface area contributed by atoms with Crippen molar-refractivity contribution < 1.29 is 0 Å². The van der Waals surface area contributed by atoms with Crippen LogP contribution in [0.1, 0.15) is 24.2 Å². The number of hydrogen-bond donors (Lipinski definition) is 1. The third kappa shape index (κ3) is 1.94. The molecule has 0 bridgehead atoms. The molecule has 0 radical (unpaired) electrons. The first-order chi connectivity index (χ1) is 9.09. The Morgan fingerprint density at radius 3 is 2.58 bits per heavy atom. The molecule has 0 fully saturated rings. The van der Waals surface area contributed by atoms with Crippen LogP contribution >= 0.6 is 0 Å². The summed E-state index contributed by atoms with van der Waals surface area (Å²) in [7, 11) is 4.19. The van der Waals surface area contributed by atoms with E-state index in [1.807, 2.05) is 0 Å². The molecule has 100 valence electrons. The van der Waals surface area contributed by atoms with Crippen molar-refractivity contribution >= 4 is 10.8 Å². The highest BCUT2D eigenvalue weighted by Crippen LogP contribution is 2.35. The Morgan fingerprint density at radius 2 is 1.89 bits per heavy atom. The van der Waals surface area contributed by atoms with Gasteiger partial charge in [0, 0.05) is 6.54 Å². The molecular formula is C16H21N3. The van der Waals surface area contributed by atoms with E-state index in [2.05, 4.69) is 67.2 Å². The molecule has 1 aliphatic rings. The molecule has 0 saturated carbocycles. The average Bonchev–Trinajstić information content (AvgIpc) is 2.42. The lowest BCUT2D eigenvalue weighted by atomic mass is 9.93. The second kappa shape index (κ2) is 4.60. The van der Waals surface area contributed by atoms with Crippen molar-refractivity contribution in [3.05, 3.63) is 47.5 Å². The van der Waals surface area contributed by atoms with Crippen molar-refractivity contribution in [1.29, 1.82) is 0 Å². The predicted molar refractivity (Wildman–Crippen MR) is 79.6 cm³/mol. The van der Waals surface area contributed by atoms with Crippen molar-refractivity contribution in [3.63, 3.8) is 0 Å². The molecule has 3 rings (SSSR count). The first-order valence-corrected chi connectivity index (χ1v) is 6.78. The maximum absolute atomic E-state index is 6.49. The Labute approximate surface area is 114 Å². The molecular weight excluding hydrogens is 234 g/mol. The lowest BCUT2D eigenvalue weighted by Crippen LogP contribution is -2.48. The van der Waals surface area contributed by atoms with Crippen molar-refractivity contribution in [3.8, 4) is 0 Å². The maximum atomic E-state index is 6.49.